The van der Waals surface area contributed by atoms with Crippen molar-refractivity contribution in [3.05, 3.63) is 42.5 Å². The van der Waals surface area contributed by atoms with E-state index in [1.54, 1.807) is 36.4 Å². The molecule has 0 fully saturated rings. The zero-order valence-electron chi connectivity index (χ0n) is 11.0. The molecule has 0 atom stereocenters. The van der Waals surface area contributed by atoms with Crippen LogP contribution in [0.1, 0.15) is 0 Å². The fraction of sp³-hybridized carbons (Fsp3) is 0. The van der Waals surface area contributed by atoms with Gasteiger partial charge in [-0.2, -0.15) is 15.0 Å². The number of rotatable bonds is 5. The highest BCUT2D eigenvalue weighted by molar-refractivity contribution is 7.99. The van der Waals surface area contributed by atoms with E-state index in [-0.39, 0.29) is 0 Å². The standard InChI is InChI=1S/C15H7N3O3S/c19-8-16-11-5-6-15(13(7-11)18-10-21)22-14-4-2-1-3-12(14)17-9-20/h1-7H. The first-order chi connectivity index (χ1) is 10.8. The van der Waals surface area contributed by atoms with E-state index in [9.17, 15) is 14.4 Å². The molecule has 7 heteroatoms. The van der Waals surface area contributed by atoms with Crippen molar-refractivity contribution in [1.82, 2.24) is 0 Å². The number of isocyanates is 3. The first-order valence-electron chi connectivity index (χ1n) is 5.93. The Balaban J connectivity index is 2.47. The molecule has 0 saturated heterocycles. The van der Waals surface area contributed by atoms with Crippen molar-refractivity contribution < 1.29 is 14.4 Å². The van der Waals surface area contributed by atoms with Crippen LogP contribution in [0.2, 0.25) is 0 Å². The van der Waals surface area contributed by atoms with Gasteiger partial charge in [0.05, 0.1) is 17.1 Å². The largest absolute Gasteiger partial charge is 0.240 e. The maximum atomic E-state index is 10.5. The molecule has 2 aromatic carbocycles. The minimum absolute atomic E-state index is 0.307. The van der Waals surface area contributed by atoms with E-state index in [2.05, 4.69) is 15.0 Å². The highest BCUT2D eigenvalue weighted by Gasteiger charge is 2.08. The second-order valence-corrected chi connectivity index (χ2v) is 4.91. The van der Waals surface area contributed by atoms with Crippen molar-refractivity contribution in [2.24, 2.45) is 15.0 Å². The summed E-state index contributed by atoms with van der Waals surface area (Å²) in [6.45, 7) is 0. The van der Waals surface area contributed by atoms with E-state index >= 15 is 0 Å². The Morgan fingerprint density at radius 1 is 0.727 bits per heavy atom. The fourth-order valence-corrected chi connectivity index (χ4v) is 2.60. The normalized spacial score (nSPS) is 9.09. The van der Waals surface area contributed by atoms with Gasteiger partial charge in [0, 0.05) is 9.79 Å². The third-order valence-electron chi connectivity index (χ3n) is 2.53. The van der Waals surface area contributed by atoms with Crippen LogP contribution in [0, 0.1) is 0 Å². The number of carbonyl (C=O) groups excluding carboxylic acids is 3. The van der Waals surface area contributed by atoms with Crippen LogP contribution in [0.25, 0.3) is 0 Å². The number of benzene rings is 2. The summed E-state index contributed by atoms with van der Waals surface area (Å²) in [6, 6.07) is 11.7. The van der Waals surface area contributed by atoms with E-state index < -0.39 is 0 Å². The predicted octanol–water partition coefficient (Wildman–Crippen LogP) is 3.74. The minimum atomic E-state index is 0.307. The molecule has 2 rings (SSSR count). The van der Waals surface area contributed by atoms with Gasteiger partial charge in [0.1, 0.15) is 0 Å². The van der Waals surface area contributed by atoms with Crippen LogP contribution in [0.5, 0.6) is 0 Å². The molecule has 6 nitrogen and oxygen atoms in total. The van der Waals surface area contributed by atoms with E-state index in [4.69, 9.17) is 0 Å². The summed E-state index contributed by atoms with van der Waals surface area (Å²) < 4.78 is 0. The molecule has 0 N–H and O–H groups in total. The molecular formula is C15H7N3O3S. The quantitative estimate of drug-likeness (QED) is 0.621. The average molecular weight is 309 g/mol. The molecule has 0 unspecified atom stereocenters. The van der Waals surface area contributed by atoms with Gasteiger partial charge in [0.25, 0.3) is 0 Å². The third-order valence-corrected chi connectivity index (χ3v) is 3.66. The Hall–Kier alpha value is -3.07. The Morgan fingerprint density at radius 2 is 1.36 bits per heavy atom. The highest BCUT2D eigenvalue weighted by atomic mass is 32.2. The maximum absolute atomic E-state index is 10.5. The van der Waals surface area contributed by atoms with Crippen LogP contribution in [-0.4, -0.2) is 18.2 Å². The summed E-state index contributed by atoms with van der Waals surface area (Å²) >= 11 is 1.26. The number of hydrogen-bond acceptors (Lipinski definition) is 7. The summed E-state index contributed by atoms with van der Waals surface area (Å²) in [5, 5.41) is 0. The van der Waals surface area contributed by atoms with E-state index in [1.165, 1.54) is 36.1 Å². The van der Waals surface area contributed by atoms with Crippen LogP contribution in [0.3, 0.4) is 0 Å². The second-order valence-electron chi connectivity index (χ2n) is 3.83. The van der Waals surface area contributed by atoms with Gasteiger partial charge in [-0.3, -0.25) is 0 Å². The Morgan fingerprint density at radius 3 is 2.09 bits per heavy atom. The van der Waals surface area contributed by atoms with Gasteiger partial charge in [-0.05, 0) is 30.3 Å². The molecule has 106 valence electrons. The lowest BCUT2D eigenvalue weighted by atomic mass is 10.3. The van der Waals surface area contributed by atoms with E-state index in [1.807, 2.05) is 0 Å². The van der Waals surface area contributed by atoms with Crippen LogP contribution < -0.4 is 0 Å². The van der Waals surface area contributed by atoms with Crippen molar-refractivity contribution in [2.45, 2.75) is 9.79 Å². The van der Waals surface area contributed by atoms with Gasteiger partial charge < -0.3 is 0 Å². The van der Waals surface area contributed by atoms with E-state index in [0.717, 1.165) is 0 Å². The Bertz CT molecular complexity index is 847. The zero-order valence-corrected chi connectivity index (χ0v) is 11.8. The SMILES string of the molecule is O=C=Nc1ccc(Sc2ccccc2N=C=O)c(N=C=O)c1. The second kappa shape index (κ2) is 7.64. The zero-order chi connectivity index (χ0) is 15.8. The molecule has 0 aliphatic carbocycles. The lowest BCUT2D eigenvalue weighted by Gasteiger charge is -2.06. The van der Waals surface area contributed by atoms with Crippen LogP contribution in [-0.2, 0) is 14.4 Å². The first kappa shape index (κ1) is 15.3. The summed E-state index contributed by atoms with van der Waals surface area (Å²) in [5.74, 6) is 0. The topological polar surface area (TPSA) is 88.3 Å². The molecule has 2 aromatic rings. The van der Waals surface area contributed by atoms with Gasteiger partial charge in [0.15, 0.2) is 0 Å². The number of nitrogens with zero attached hydrogens (tertiary/aromatic N) is 3. The van der Waals surface area contributed by atoms with Crippen molar-refractivity contribution >= 4 is 47.1 Å². The summed E-state index contributed by atoms with van der Waals surface area (Å²) in [4.78, 5) is 43.3. The Labute approximate surface area is 129 Å². The van der Waals surface area contributed by atoms with Gasteiger partial charge in [-0.25, -0.2) is 14.4 Å². The fourth-order valence-electron chi connectivity index (χ4n) is 1.65. The Kier molecular flexibility index (Phi) is 5.32. The van der Waals surface area contributed by atoms with Crippen molar-refractivity contribution in [1.29, 1.82) is 0 Å². The smallest absolute Gasteiger partial charge is 0.211 e. The number of hydrogen-bond donors (Lipinski definition) is 0. The maximum Gasteiger partial charge on any atom is 0.240 e. The molecule has 0 aliphatic rings. The molecule has 0 saturated carbocycles. The van der Waals surface area contributed by atoms with Gasteiger partial charge in [-0.1, -0.05) is 23.9 Å². The molecule has 0 radical (unpaired) electrons. The van der Waals surface area contributed by atoms with Crippen molar-refractivity contribution in [2.75, 3.05) is 0 Å². The third kappa shape index (κ3) is 3.73. The molecule has 0 aliphatic heterocycles. The lowest BCUT2D eigenvalue weighted by Crippen LogP contribution is -1.78. The van der Waals surface area contributed by atoms with E-state index in [0.29, 0.717) is 26.9 Å². The molecule has 0 amide bonds. The minimum Gasteiger partial charge on any atom is -0.211 e. The number of aliphatic imine (C=N–C) groups is 3. The summed E-state index contributed by atoms with van der Waals surface area (Å²) in [5.41, 5.74) is 1.09. The first-order valence-corrected chi connectivity index (χ1v) is 6.74. The van der Waals surface area contributed by atoms with Crippen LogP contribution >= 0.6 is 11.8 Å². The molecular weight excluding hydrogens is 302 g/mol. The summed E-state index contributed by atoms with van der Waals surface area (Å²) in [7, 11) is 0. The summed E-state index contributed by atoms with van der Waals surface area (Å²) in [6.07, 6.45) is 4.37. The van der Waals surface area contributed by atoms with Gasteiger partial charge in [-0.15, -0.1) is 0 Å². The number of para-hydroxylation sites is 1. The molecule has 0 heterocycles. The molecule has 0 bridgehead atoms. The van der Waals surface area contributed by atoms with Crippen molar-refractivity contribution in [3.63, 3.8) is 0 Å². The molecule has 0 aromatic heterocycles. The molecule has 0 spiro atoms. The van der Waals surface area contributed by atoms with Crippen LogP contribution in [0.4, 0.5) is 17.1 Å². The van der Waals surface area contributed by atoms with Crippen molar-refractivity contribution in [3.8, 4) is 0 Å². The predicted molar refractivity (Wildman–Crippen MR) is 80.4 cm³/mol. The molecule has 22 heavy (non-hydrogen) atoms. The monoisotopic (exact) mass is 309 g/mol. The highest BCUT2D eigenvalue weighted by Crippen LogP contribution is 2.40. The lowest BCUT2D eigenvalue weighted by molar-refractivity contribution is 0.564. The van der Waals surface area contributed by atoms with Crippen LogP contribution in [0.15, 0.2) is 67.2 Å². The van der Waals surface area contributed by atoms with Gasteiger partial charge in [0.2, 0.25) is 18.2 Å². The average Bonchev–Trinajstić information content (AvgIpc) is 2.52. The van der Waals surface area contributed by atoms with Gasteiger partial charge >= 0.3 is 0 Å².